The fourth-order valence-corrected chi connectivity index (χ4v) is 3.65. The van der Waals surface area contributed by atoms with E-state index in [1.165, 1.54) is 30.7 Å². The zero-order valence-corrected chi connectivity index (χ0v) is 10.6. The average molecular weight is 247 g/mol. The molecule has 0 spiro atoms. The molecule has 1 saturated heterocycles. The van der Waals surface area contributed by atoms with E-state index in [2.05, 4.69) is 22.9 Å². The molecule has 3 nitrogen and oxygen atoms in total. The van der Waals surface area contributed by atoms with Crippen LogP contribution in [-0.4, -0.2) is 15.1 Å². The van der Waals surface area contributed by atoms with Crippen LogP contribution in [0.3, 0.4) is 0 Å². The minimum absolute atomic E-state index is 0.554. The van der Waals surface area contributed by atoms with Gasteiger partial charge in [0.2, 0.25) is 0 Å². The SMILES string of the molecule is NCc1cccn2cc(C3CCCCS3)nc12. The van der Waals surface area contributed by atoms with Gasteiger partial charge in [0, 0.05) is 29.8 Å². The highest BCUT2D eigenvalue weighted by Crippen LogP contribution is 2.37. The average Bonchev–Trinajstić information content (AvgIpc) is 2.83. The summed E-state index contributed by atoms with van der Waals surface area (Å²) in [6.07, 6.45) is 8.15. The minimum atomic E-state index is 0.554. The van der Waals surface area contributed by atoms with Crippen LogP contribution >= 0.6 is 11.8 Å². The van der Waals surface area contributed by atoms with Crippen molar-refractivity contribution < 1.29 is 0 Å². The predicted octanol–water partition coefficient (Wildman–Crippen LogP) is 2.75. The summed E-state index contributed by atoms with van der Waals surface area (Å²) in [4.78, 5) is 4.77. The Bertz CT molecular complexity index is 514. The second-order valence-electron chi connectivity index (χ2n) is 4.49. The molecule has 0 aromatic carbocycles. The lowest BCUT2D eigenvalue weighted by atomic mass is 10.1. The van der Waals surface area contributed by atoms with E-state index in [0.29, 0.717) is 11.8 Å². The van der Waals surface area contributed by atoms with Gasteiger partial charge in [0.05, 0.1) is 5.69 Å². The Labute approximate surface area is 105 Å². The van der Waals surface area contributed by atoms with Gasteiger partial charge in [-0.3, -0.25) is 0 Å². The Hall–Kier alpha value is -1.00. The lowest BCUT2D eigenvalue weighted by Gasteiger charge is -2.18. The van der Waals surface area contributed by atoms with Gasteiger partial charge in [0.15, 0.2) is 0 Å². The highest BCUT2D eigenvalue weighted by molar-refractivity contribution is 7.99. The molecule has 2 aromatic heterocycles. The van der Waals surface area contributed by atoms with Gasteiger partial charge >= 0.3 is 0 Å². The molecular formula is C13H17N3S. The Kier molecular flexibility index (Phi) is 3.07. The maximum absolute atomic E-state index is 5.75. The van der Waals surface area contributed by atoms with E-state index in [0.717, 1.165) is 11.2 Å². The van der Waals surface area contributed by atoms with Crippen LogP contribution in [0.15, 0.2) is 24.5 Å². The van der Waals surface area contributed by atoms with Crippen LogP contribution in [0.1, 0.15) is 35.8 Å². The van der Waals surface area contributed by atoms with Gasteiger partial charge in [-0.1, -0.05) is 12.5 Å². The van der Waals surface area contributed by atoms with Gasteiger partial charge in [-0.05, 0) is 24.7 Å². The van der Waals surface area contributed by atoms with Gasteiger partial charge in [0.1, 0.15) is 5.65 Å². The van der Waals surface area contributed by atoms with Crippen molar-refractivity contribution in [1.29, 1.82) is 0 Å². The molecule has 1 atom stereocenters. The van der Waals surface area contributed by atoms with E-state index in [9.17, 15) is 0 Å². The molecule has 0 saturated carbocycles. The summed E-state index contributed by atoms with van der Waals surface area (Å²) < 4.78 is 2.10. The Balaban J connectivity index is 2.00. The van der Waals surface area contributed by atoms with E-state index in [1.807, 2.05) is 17.8 Å². The van der Waals surface area contributed by atoms with Gasteiger partial charge in [0.25, 0.3) is 0 Å². The third kappa shape index (κ3) is 2.07. The number of nitrogens with two attached hydrogens (primary N) is 1. The third-order valence-corrected chi connectivity index (χ3v) is 4.72. The highest BCUT2D eigenvalue weighted by Gasteiger charge is 2.19. The van der Waals surface area contributed by atoms with Crippen LogP contribution in [0.5, 0.6) is 0 Å². The number of thioether (sulfide) groups is 1. The van der Waals surface area contributed by atoms with Crippen molar-refractivity contribution in [3.8, 4) is 0 Å². The summed E-state index contributed by atoms with van der Waals surface area (Å²) in [7, 11) is 0. The second kappa shape index (κ2) is 4.70. The summed E-state index contributed by atoms with van der Waals surface area (Å²) >= 11 is 2.04. The summed E-state index contributed by atoms with van der Waals surface area (Å²) in [5.74, 6) is 1.27. The maximum atomic E-state index is 5.75. The van der Waals surface area contributed by atoms with Crippen LogP contribution in [-0.2, 0) is 6.54 Å². The largest absolute Gasteiger partial charge is 0.326 e. The van der Waals surface area contributed by atoms with Gasteiger partial charge in [-0.2, -0.15) is 11.8 Å². The van der Waals surface area contributed by atoms with Crippen molar-refractivity contribution in [1.82, 2.24) is 9.38 Å². The first-order valence-corrected chi connectivity index (χ1v) is 7.21. The normalized spacial score (nSPS) is 20.9. The van der Waals surface area contributed by atoms with Crippen molar-refractivity contribution in [2.45, 2.75) is 31.1 Å². The van der Waals surface area contributed by atoms with Crippen LogP contribution in [0.25, 0.3) is 5.65 Å². The topological polar surface area (TPSA) is 43.3 Å². The molecule has 1 aliphatic rings. The Morgan fingerprint density at radius 2 is 2.41 bits per heavy atom. The van der Waals surface area contributed by atoms with Crippen LogP contribution < -0.4 is 5.73 Å². The van der Waals surface area contributed by atoms with Gasteiger partial charge in [-0.15, -0.1) is 0 Å². The quantitative estimate of drug-likeness (QED) is 0.887. The van der Waals surface area contributed by atoms with Crippen molar-refractivity contribution >= 4 is 17.4 Å². The fraction of sp³-hybridized carbons (Fsp3) is 0.462. The minimum Gasteiger partial charge on any atom is -0.326 e. The van der Waals surface area contributed by atoms with Crippen LogP contribution in [0, 0.1) is 0 Å². The molecular weight excluding hydrogens is 230 g/mol. The molecule has 3 heterocycles. The first kappa shape index (κ1) is 11.1. The number of hydrogen-bond donors (Lipinski definition) is 1. The number of pyridine rings is 1. The standard InChI is InChI=1S/C13H17N3S/c14-8-10-4-3-6-16-9-11(15-13(10)16)12-5-1-2-7-17-12/h3-4,6,9,12H,1-2,5,7-8,14H2. The Morgan fingerprint density at radius 1 is 1.47 bits per heavy atom. The first-order chi connectivity index (χ1) is 8.38. The van der Waals surface area contributed by atoms with Crippen molar-refractivity contribution in [2.24, 2.45) is 5.73 Å². The summed E-state index contributed by atoms with van der Waals surface area (Å²) in [5.41, 5.74) is 9.11. The first-order valence-electron chi connectivity index (χ1n) is 6.16. The fourth-order valence-electron chi connectivity index (χ4n) is 2.38. The molecule has 0 radical (unpaired) electrons. The van der Waals surface area contributed by atoms with Crippen molar-refractivity contribution in [3.63, 3.8) is 0 Å². The van der Waals surface area contributed by atoms with Crippen molar-refractivity contribution in [2.75, 3.05) is 5.75 Å². The van der Waals surface area contributed by atoms with Gasteiger partial charge in [-0.25, -0.2) is 4.98 Å². The molecule has 2 aromatic rings. The number of imidazole rings is 1. The highest BCUT2D eigenvalue weighted by atomic mass is 32.2. The predicted molar refractivity (Wildman–Crippen MR) is 72.1 cm³/mol. The van der Waals surface area contributed by atoms with Crippen molar-refractivity contribution in [3.05, 3.63) is 35.8 Å². The van der Waals surface area contributed by atoms with E-state index < -0.39 is 0 Å². The molecule has 17 heavy (non-hydrogen) atoms. The van der Waals surface area contributed by atoms with E-state index in [1.54, 1.807) is 0 Å². The molecule has 4 heteroatoms. The number of fused-ring (bicyclic) bond motifs is 1. The molecule has 1 fully saturated rings. The summed E-state index contributed by atoms with van der Waals surface area (Å²) in [5, 5.41) is 0.578. The maximum Gasteiger partial charge on any atom is 0.141 e. The van der Waals surface area contributed by atoms with Crippen LogP contribution in [0.4, 0.5) is 0 Å². The molecule has 1 unspecified atom stereocenters. The summed E-state index contributed by atoms with van der Waals surface area (Å²) in [6, 6.07) is 4.09. The molecule has 90 valence electrons. The number of aromatic nitrogens is 2. The molecule has 3 rings (SSSR count). The molecule has 1 aliphatic heterocycles. The number of rotatable bonds is 2. The monoisotopic (exact) mass is 247 g/mol. The van der Waals surface area contributed by atoms with E-state index >= 15 is 0 Å². The lowest BCUT2D eigenvalue weighted by Crippen LogP contribution is -2.02. The number of hydrogen-bond acceptors (Lipinski definition) is 3. The molecule has 0 amide bonds. The van der Waals surface area contributed by atoms with E-state index in [4.69, 9.17) is 10.7 Å². The summed E-state index contributed by atoms with van der Waals surface area (Å²) in [6.45, 7) is 0.554. The van der Waals surface area contributed by atoms with Gasteiger partial charge < -0.3 is 10.1 Å². The smallest absolute Gasteiger partial charge is 0.141 e. The zero-order valence-electron chi connectivity index (χ0n) is 9.80. The third-order valence-electron chi connectivity index (χ3n) is 3.31. The van der Waals surface area contributed by atoms with E-state index in [-0.39, 0.29) is 0 Å². The van der Waals surface area contributed by atoms with Crippen LogP contribution in [0.2, 0.25) is 0 Å². The molecule has 0 aliphatic carbocycles. The Morgan fingerprint density at radius 3 is 3.18 bits per heavy atom. The lowest BCUT2D eigenvalue weighted by molar-refractivity contribution is 0.678. The second-order valence-corrected chi connectivity index (χ2v) is 5.80. The number of nitrogens with zero attached hydrogens (tertiary/aromatic N) is 2. The molecule has 0 bridgehead atoms. The molecule has 2 N–H and O–H groups in total. The zero-order chi connectivity index (χ0) is 11.7.